The topological polar surface area (TPSA) is 110 Å². The Morgan fingerprint density at radius 1 is 1.42 bits per heavy atom. The molecule has 1 atom stereocenters. The first-order valence-electron chi connectivity index (χ1n) is 3.86. The highest BCUT2D eigenvalue weighted by atomic mass is 16.4. The van der Waals surface area contributed by atoms with E-state index in [-0.39, 0.29) is 19.6 Å². The van der Waals surface area contributed by atoms with E-state index in [0.29, 0.717) is 12.8 Å². The Balaban J connectivity index is 3.86. The molecule has 0 aromatic carbocycles. The van der Waals surface area contributed by atoms with Crippen LogP contribution < -0.4 is 11.5 Å². The van der Waals surface area contributed by atoms with E-state index in [4.69, 9.17) is 21.7 Å². The molecule has 72 valence electrons. The molecule has 5 nitrogen and oxygen atoms in total. The maximum atomic E-state index is 10.2. The Bertz CT molecular complexity index is 152. The van der Waals surface area contributed by atoms with Crippen LogP contribution in [0.4, 0.5) is 0 Å². The van der Waals surface area contributed by atoms with E-state index in [1.807, 2.05) is 0 Å². The van der Waals surface area contributed by atoms with Crippen LogP contribution in [-0.4, -0.2) is 34.9 Å². The van der Waals surface area contributed by atoms with Crippen molar-refractivity contribution in [1.29, 1.82) is 0 Å². The van der Waals surface area contributed by atoms with Gasteiger partial charge in [-0.3, -0.25) is 4.79 Å². The molecule has 12 heavy (non-hydrogen) atoms. The molecule has 0 heterocycles. The molecule has 0 saturated heterocycles. The molecule has 6 N–H and O–H groups in total. The van der Waals surface area contributed by atoms with Gasteiger partial charge >= 0.3 is 5.97 Å². The molecule has 5 heteroatoms. The number of rotatable bonds is 6. The molecule has 0 radical (unpaired) electrons. The zero-order chi connectivity index (χ0) is 9.61. The highest BCUT2D eigenvalue weighted by molar-refractivity contribution is 5.66. The number of aliphatic hydroxyl groups excluding tert-OH is 1. The van der Waals surface area contributed by atoms with Gasteiger partial charge in [-0.25, -0.2) is 0 Å². The Kier molecular flexibility index (Phi) is 4.80. The number of aliphatic carboxylic acids is 1. The molecular formula is C7H16N2O3. The standard InChI is InChI=1S/C7H16N2O3/c8-5-7(9,3-4-10)2-1-6(11)12/h10H,1-5,8-9H2,(H,11,12). The summed E-state index contributed by atoms with van der Waals surface area (Å²) in [5, 5.41) is 17.0. The van der Waals surface area contributed by atoms with Crippen LogP contribution in [0.15, 0.2) is 0 Å². The Morgan fingerprint density at radius 2 is 2.00 bits per heavy atom. The largest absolute Gasteiger partial charge is 0.481 e. The van der Waals surface area contributed by atoms with Gasteiger partial charge in [-0.2, -0.15) is 0 Å². The summed E-state index contributed by atoms with van der Waals surface area (Å²) in [4.78, 5) is 10.2. The molecular weight excluding hydrogens is 160 g/mol. The van der Waals surface area contributed by atoms with E-state index >= 15 is 0 Å². The van der Waals surface area contributed by atoms with Gasteiger partial charge in [-0.1, -0.05) is 0 Å². The van der Waals surface area contributed by atoms with Crippen LogP contribution in [0.3, 0.4) is 0 Å². The number of hydrogen-bond acceptors (Lipinski definition) is 4. The average molecular weight is 176 g/mol. The van der Waals surface area contributed by atoms with Crippen LogP contribution in [0.5, 0.6) is 0 Å². The Labute approximate surface area is 71.4 Å². The summed E-state index contributed by atoms with van der Waals surface area (Å²) in [5.41, 5.74) is 10.3. The first-order chi connectivity index (χ1) is 5.54. The fourth-order valence-corrected chi connectivity index (χ4v) is 0.908. The van der Waals surface area contributed by atoms with Gasteiger partial charge in [0.15, 0.2) is 0 Å². The third kappa shape index (κ3) is 4.27. The van der Waals surface area contributed by atoms with E-state index in [0.717, 1.165) is 0 Å². The van der Waals surface area contributed by atoms with E-state index in [1.165, 1.54) is 0 Å². The fraction of sp³-hybridized carbons (Fsp3) is 0.857. The highest BCUT2D eigenvalue weighted by Crippen LogP contribution is 2.12. The summed E-state index contributed by atoms with van der Waals surface area (Å²) < 4.78 is 0. The average Bonchev–Trinajstić information content (AvgIpc) is 2.02. The molecule has 0 fully saturated rings. The summed E-state index contributed by atoms with van der Waals surface area (Å²) >= 11 is 0. The van der Waals surface area contributed by atoms with Crippen molar-refractivity contribution < 1.29 is 15.0 Å². The van der Waals surface area contributed by atoms with Crippen LogP contribution in [0.2, 0.25) is 0 Å². The molecule has 0 aliphatic heterocycles. The van der Waals surface area contributed by atoms with Crippen LogP contribution >= 0.6 is 0 Å². The van der Waals surface area contributed by atoms with Crippen molar-refractivity contribution in [2.45, 2.75) is 24.8 Å². The number of hydrogen-bond donors (Lipinski definition) is 4. The number of aliphatic hydroxyl groups is 1. The van der Waals surface area contributed by atoms with E-state index < -0.39 is 11.5 Å². The van der Waals surface area contributed by atoms with Gasteiger partial charge in [0.25, 0.3) is 0 Å². The molecule has 1 unspecified atom stereocenters. The smallest absolute Gasteiger partial charge is 0.303 e. The lowest BCUT2D eigenvalue weighted by Gasteiger charge is -2.26. The second kappa shape index (κ2) is 5.08. The molecule has 0 spiro atoms. The zero-order valence-corrected chi connectivity index (χ0v) is 6.99. The normalized spacial score (nSPS) is 15.6. The number of carboxylic acid groups (broad SMARTS) is 1. The van der Waals surface area contributed by atoms with Gasteiger partial charge in [0.05, 0.1) is 0 Å². The Hall–Kier alpha value is -0.650. The lowest BCUT2D eigenvalue weighted by molar-refractivity contribution is -0.137. The second-order valence-corrected chi connectivity index (χ2v) is 2.93. The minimum atomic E-state index is -0.892. The maximum Gasteiger partial charge on any atom is 0.303 e. The molecule has 0 aliphatic carbocycles. The molecule has 0 aromatic rings. The summed E-state index contributed by atoms with van der Waals surface area (Å²) in [7, 11) is 0. The van der Waals surface area contributed by atoms with Crippen molar-refractivity contribution in [2.75, 3.05) is 13.2 Å². The van der Waals surface area contributed by atoms with Crippen molar-refractivity contribution in [3.8, 4) is 0 Å². The maximum absolute atomic E-state index is 10.2. The van der Waals surface area contributed by atoms with Crippen LogP contribution in [-0.2, 0) is 4.79 Å². The van der Waals surface area contributed by atoms with Crippen molar-refractivity contribution >= 4 is 5.97 Å². The number of nitrogens with two attached hydrogens (primary N) is 2. The lowest BCUT2D eigenvalue weighted by Crippen LogP contribution is -2.48. The molecule has 0 bridgehead atoms. The molecule has 0 aromatic heterocycles. The molecule has 0 rings (SSSR count). The number of carboxylic acids is 1. The van der Waals surface area contributed by atoms with Crippen molar-refractivity contribution in [2.24, 2.45) is 11.5 Å². The monoisotopic (exact) mass is 176 g/mol. The molecule has 0 saturated carbocycles. The minimum Gasteiger partial charge on any atom is -0.481 e. The van der Waals surface area contributed by atoms with Gasteiger partial charge in [-0.15, -0.1) is 0 Å². The SMILES string of the molecule is NCC(N)(CCO)CCC(=O)O. The van der Waals surface area contributed by atoms with Gasteiger partial charge in [-0.05, 0) is 12.8 Å². The summed E-state index contributed by atoms with van der Waals surface area (Å²) in [5.74, 6) is -0.892. The van der Waals surface area contributed by atoms with Gasteiger partial charge < -0.3 is 21.7 Å². The number of carbonyl (C=O) groups is 1. The van der Waals surface area contributed by atoms with Crippen molar-refractivity contribution in [3.05, 3.63) is 0 Å². The third-order valence-electron chi connectivity index (χ3n) is 1.85. The summed E-state index contributed by atoms with van der Waals surface area (Å²) in [6.45, 7) is 0.133. The van der Waals surface area contributed by atoms with Gasteiger partial charge in [0.2, 0.25) is 0 Å². The third-order valence-corrected chi connectivity index (χ3v) is 1.85. The van der Waals surface area contributed by atoms with Crippen molar-refractivity contribution in [3.63, 3.8) is 0 Å². The highest BCUT2D eigenvalue weighted by Gasteiger charge is 2.23. The van der Waals surface area contributed by atoms with Gasteiger partial charge in [0, 0.05) is 25.1 Å². The van der Waals surface area contributed by atoms with Crippen LogP contribution in [0.25, 0.3) is 0 Å². The molecule has 0 aliphatic rings. The first-order valence-corrected chi connectivity index (χ1v) is 3.86. The first kappa shape index (κ1) is 11.4. The van der Waals surface area contributed by atoms with Crippen molar-refractivity contribution in [1.82, 2.24) is 0 Å². The quantitative estimate of drug-likeness (QED) is 0.410. The van der Waals surface area contributed by atoms with Crippen LogP contribution in [0.1, 0.15) is 19.3 Å². The summed E-state index contributed by atoms with van der Waals surface area (Å²) in [6.07, 6.45) is 0.643. The van der Waals surface area contributed by atoms with Crippen LogP contribution in [0, 0.1) is 0 Å². The summed E-state index contributed by atoms with van der Waals surface area (Å²) in [6, 6.07) is 0. The second-order valence-electron chi connectivity index (χ2n) is 2.93. The van der Waals surface area contributed by atoms with E-state index in [9.17, 15) is 4.79 Å². The fourth-order valence-electron chi connectivity index (χ4n) is 0.908. The molecule has 0 amide bonds. The predicted octanol–water partition coefficient (Wildman–Crippen LogP) is -1.11. The Morgan fingerprint density at radius 3 is 2.33 bits per heavy atom. The predicted molar refractivity (Wildman–Crippen MR) is 44.5 cm³/mol. The van der Waals surface area contributed by atoms with Gasteiger partial charge in [0.1, 0.15) is 0 Å². The minimum absolute atomic E-state index is 0.00625. The van der Waals surface area contributed by atoms with E-state index in [1.54, 1.807) is 0 Å². The van der Waals surface area contributed by atoms with E-state index in [2.05, 4.69) is 0 Å². The lowest BCUT2D eigenvalue weighted by atomic mass is 9.91. The zero-order valence-electron chi connectivity index (χ0n) is 6.99.